The van der Waals surface area contributed by atoms with Gasteiger partial charge in [0.2, 0.25) is 11.8 Å². The van der Waals surface area contributed by atoms with Crippen LogP contribution in [0.4, 0.5) is 0 Å². The monoisotopic (exact) mass is 242 g/mol. The summed E-state index contributed by atoms with van der Waals surface area (Å²) in [6.07, 6.45) is 0.615. The van der Waals surface area contributed by atoms with Crippen LogP contribution in [0.25, 0.3) is 0 Å². The van der Waals surface area contributed by atoms with Crippen LogP contribution in [0.3, 0.4) is 0 Å². The zero-order chi connectivity index (χ0) is 13.2. The molecule has 5 heteroatoms. The van der Waals surface area contributed by atoms with Crippen molar-refractivity contribution in [3.8, 4) is 0 Å². The van der Waals surface area contributed by atoms with E-state index in [0.717, 1.165) is 0 Å². The predicted octanol–water partition coefficient (Wildman–Crippen LogP) is 0.537. The molecule has 0 aromatic heterocycles. The Morgan fingerprint density at radius 2 is 2.00 bits per heavy atom. The second kappa shape index (κ2) is 5.04. The Morgan fingerprint density at radius 1 is 1.41 bits per heavy atom. The van der Waals surface area contributed by atoms with Gasteiger partial charge in [0, 0.05) is 7.11 Å². The van der Waals surface area contributed by atoms with Gasteiger partial charge in [-0.05, 0) is 27.2 Å². The number of nitrogens with one attached hydrogen (secondary N) is 1. The lowest BCUT2D eigenvalue weighted by atomic mass is 10.0. The zero-order valence-electron chi connectivity index (χ0n) is 11.2. The number of rotatable bonds is 4. The van der Waals surface area contributed by atoms with E-state index in [1.807, 2.05) is 20.8 Å². The van der Waals surface area contributed by atoms with E-state index < -0.39 is 11.6 Å². The quantitative estimate of drug-likeness (QED) is 0.782. The summed E-state index contributed by atoms with van der Waals surface area (Å²) in [7, 11) is 1.61. The Morgan fingerprint density at radius 3 is 2.47 bits per heavy atom. The minimum absolute atomic E-state index is 0.0402. The van der Waals surface area contributed by atoms with E-state index in [0.29, 0.717) is 13.0 Å². The van der Waals surface area contributed by atoms with Crippen molar-refractivity contribution in [2.24, 2.45) is 0 Å². The van der Waals surface area contributed by atoms with Crippen molar-refractivity contribution >= 4 is 11.8 Å². The molecule has 1 N–H and O–H groups in total. The number of piperazine rings is 1. The van der Waals surface area contributed by atoms with Crippen molar-refractivity contribution < 1.29 is 14.3 Å². The average molecular weight is 242 g/mol. The van der Waals surface area contributed by atoms with Gasteiger partial charge in [-0.15, -0.1) is 0 Å². The fourth-order valence-corrected chi connectivity index (χ4v) is 1.98. The molecule has 2 atom stereocenters. The second-order valence-electron chi connectivity index (χ2n) is 5.08. The Hall–Kier alpha value is -1.10. The summed E-state index contributed by atoms with van der Waals surface area (Å²) in [5.41, 5.74) is -0.444. The third kappa shape index (κ3) is 2.97. The molecule has 1 fully saturated rings. The highest BCUT2D eigenvalue weighted by Crippen LogP contribution is 2.18. The molecule has 1 aliphatic heterocycles. The first-order chi connectivity index (χ1) is 7.82. The van der Waals surface area contributed by atoms with Crippen LogP contribution < -0.4 is 5.32 Å². The van der Waals surface area contributed by atoms with Crippen molar-refractivity contribution in [1.29, 1.82) is 0 Å². The van der Waals surface area contributed by atoms with E-state index in [2.05, 4.69) is 5.32 Å². The fraction of sp³-hybridized carbons (Fsp3) is 0.833. The number of nitrogens with zero attached hydrogens (tertiary/aromatic N) is 1. The molecule has 0 spiro atoms. The first-order valence-corrected chi connectivity index (χ1v) is 5.98. The van der Waals surface area contributed by atoms with E-state index >= 15 is 0 Å². The van der Waals surface area contributed by atoms with Crippen LogP contribution >= 0.6 is 0 Å². The number of carbonyl (C=O) groups is 2. The lowest BCUT2D eigenvalue weighted by Gasteiger charge is -2.41. The van der Waals surface area contributed by atoms with E-state index in [-0.39, 0.29) is 17.9 Å². The van der Waals surface area contributed by atoms with Gasteiger partial charge in [-0.1, -0.05) is 6.92 Å². The normalized spacial score (nSPS) is 26.1. The Bertz CT molecular complexity index is 315. The summed E-state index contributed by atoms with van der Waals surface area (Å²) in [5.74, 6) is -0.118. The molecule has 0 radical (unpaired) electrons. The van der Waals surface area contributed by atoms with Gasteiger partial charge in [0.25, 0.3) is 0 Å². The second-order valence-corrected chi connectivity index (χ2v) is 5.08. The number of hydrogen-bond donors (Lipinski definition) is 1. The zero-order valence-corrected chi connectivity index (χ0v) is 11.2. The molecular formula is C12H22N2O3. The molecule has 2 unspecified atom stereocenters. The van der Waals surface area contributed by atoms with Crippen LogP contribution in [-0.4, -0.2) is 48.1 Å². The highest BCUT2D eigenvalue weighted by atomic mass is 16.5. The van der Waals surface area contributed by atoms with Gasteiger partial charge in [0.1, 0.15) is 12.1 Å². The van der Waals surface area contributed by atoms with Crippen molar-refractivity contribution in [1.82, 2.24) is 10.2 Å². The molecule has 0 aromatic rings. The minimum Gasteiger partial charge on any atom is -0.377 e. The molecule has 17 heavy (non-hydrogen) atoms. The van der Waals surface area contributed by atoms with Gasteiger partial charge in [-0.25, -0.2) is 0 Å². The van der Waals surface area contributed by atoms with E-state index in [9.17, 15) is 9.59 Å². The van der Waals surface area contributed by atoms with Gasteiger partial charge in [-0.2, -0.15) is 0 Å². The van der Waals surface area contributed by atoms with Crippen molar-refractivity contribution in [3.63, 3.8) is 0 Å². The van der Waals surface area contributed by atoms with Crippen LogP contribution in [0.15, 0.2) is 0 Å². The third-order valence-electron chi connectivity index (χ3n) is 3.18. The molecule has 1 aliphatic rings. The number of carbonyl (C=O) groups excluding carboxylic acids is 2. The molecule has 1 heterocycles. The molecule has 0 aromatic carbocycles. The van der Waals surface area contributed by atoms with Gasteiger partial charge in [0.05, 0.1) is 12.1 Å². The van der Waals surface area contributed by atoms with Crippen molar-refractivity contribution in [2.75, 3.05) is 13.7 Å². The number of amides is 2. The summed E-state index contributed by atoms with van der Waals surface area (Å²) in [5, 5.41) is 2.69. The van der Waals surface area contributed by atoms with Crippen LogP contribution in [0, 0.1) is 0 Å². The summed E-state index contributed by atoms with van der Waals surface area (Å²) < 4.78 is 5.33. The fourth-order valence-electron chi connectivity index (χ4n) is 1.98. The average Bonchev–Trinajstić information content (AvgIpc) is 2.26. The highest BCUT2D eigenvalue weighted by molar-refractivity contribution is 5.96. The molecule has 98 valence electrons. The maximum atomic E-state index is 12.1. The van der Waals surface area contributed by atoms with E-state index in [1.54, 1.807) is 18.9 Å². The van der Waals surface area contributed by atoms with Gasteiger partial charge >= 0.3 is 0 Å². The number of hydrogen-bond acceptors (Lipinski definition) is 3. The standard InChI is InChI=1S/C12H22N2O3/c1-6-9-10(15)13-8(2)11(16)14(9)7-12(3,4)17-5/h8-9H,6-7H2,1-5H3,(H,13,15). The molecule has 5 nitrogen and oxygen atoms in total. The summed E-state index contributed by atoms with van der Waals surface area (Å²) >= 11 is 0. The molecule has 0 saturated carbocycles. The first-order valence-electron chi connectivity index (χ1n) is 5.98. The van der Waals surface area contributed by atoms with Crippen molar-refractivity contribution in [3.05, 3.63) is 0 Å². The largest absolute Gasteiger partial charge is 0.377 e. The van der Waals surface area contributed by atoms with Crippen molar-refractivity contribution in [2.45, 2.75) is 51.8 Å². The summed E-state index contributed by atoms with van der Waals surface area (Å²) in [4.78, 5) is 25.5. The SMILES string of the molecule is CCC1C(=O)NC(C)C(=O)N1CC(C)(C)OC. The predicted molar refractivity (Wildman–Crippen MR) is 64.5 cm³/mol. The van der Waals surface area contributed by atoms with Gasteiger partial charge in [0.15, 0.2) is 0 Å². The number of methoxy groups -OCH3 is 1. The Kier molecular flexibility index (Phi) is 4.14. The van der Waals surface area contributed by atoms with Crippen LogP contribution in [0.1, 0.15) is 34.1 Å². The smallest absolute Gasteiger partial charge is 0.245 e. The molecule has 1 saturated heterocycles. The van der Waals surface area contributed by atoms with Crippen LogP contribution in [-0.2, 0) is 14.3 Å². The molecule has 0 bridgehead atoms. The third-order valence-corrected chi connectivity index (χ3v) is 3.18. The maximum absolute atomic E-state index is 12.1. The van der Waals surface area contributed by atoms with Gasteiger partial charge in [-0.3, -0.25) is 9.59 Å². The van der Waals surface area contributed by atoms with E-state index in [1.165, 1.54) is 0 Å². The van der Waals surface area contributed by atoms with Gasteiger partial charge < -0.3 is 15.0 Å². The minimum atomic E-state index is -0.446. The summed E-state index contributed by atoms with van der Waals surface area (Å²) in [6.45, 7) is 7.85. The molecule has 0 aliphatic carbocycles. The lowest BCUT2D eigenvalue weighted by Crippen LogP contribution is -2.64. The molecule has 1 rings (SSSR count). The van der Waals surface area contributed by atoms with Crippen LogP contribution in [0.2, 0.25) is 0 Å². The number of ether oxygens (including phenoxy) is 1. The van der Waals surface area contributed by atoms with E-state index in [4.69, 9.17) is 4.74 Å². The summed E-state index contributed by atoms with van der Waals surface area (Å²) in [6, 6.07) is -0.828. The first kappa shape index (κ1) is 14.0. The highest BCUT2D eigenvalue weighted by Gasteiger charge is 2.39. The lowest BCUT2D eigenvalue weighted by molar-refractivity contribution is -0.152. The molecular weight excluding hydrogens is 220 g/mol. The van der Waals surface area contributed by atoms with Crippen LogP contribution in [0.5, 0.6) is 0 Å². The maximum Gasteiger partial charge on any atom is 0.245 e. The topological polar surface area (TPSA) is 58.6 Å². The Labute approximate surface area is 102 Å². The Balaban J connectivity index is 2.90. The molecule has 2 amide bonds.